The zero-order valence-electron chi connectivity index (χ0n) is 15.6. The minimum atomic E-state index is -9.03. The molecule has 0 radical (unpaired) electrons. The van der Waals surface area contributed by atoms with E-state index in [1.807, 2.05) is 0 Å². The predicted octanol–water partition coefficient (Wildman–Crippen LogP) is 7.54. The maximum absolute atomic E-state index is 13.7. The van der Waals surface area contributed by atoms with Crippen molar-refractivity contribution in [2.75, 3.05) is 0 Å². The van der Waals surface area contributed by atoms with Gasteiger partial charge in [-0.05, 0) is 0 Å². The van der Waals surface area contributed by atoms with Crippen LogP contribution in [0.1, 0.15) is 0 Å². The van der Waals surface area contributed by atoms with Crippen LogP contribution in [0.25, 0.3) is 0 Å². The Labute approximate surface area is 196 Å². The molecular weight excluding hydrogens is 691 g/mol. The van der Waals surface area contributed by atoms with Gasteiger partial charge in [0.1, 0.15) is 0 Å². The van der Waals surface area contributed by atoms with Gasteiger partial charge in [0.2, 0.25) is 0 Å². The van der Waals surface area contributed by atoms with E-state index in [4.69, 9.17) is 0 Å². The summed E-state index contributed by atoms with van der Waals surface area (Å²) in [6.45, 7) is 0. The van der Waals surface area contributed by atoms with Crippen molar-refractivity contribution in [1.29, 1.82) is 0 Å². The maximum Gasteiger partial charge on any atom is 0.399 e. The van der Waals surface area contributed by atoms with Crippen molar-refractivity contribution in [3.8, 4) is 0 Å². The highest BCUT2D eigenvalue weighted by molar-refractivity contribution is 14.1. The van der Waals surface area contributed by atoms with Gasteiger partial charge >= 0.3 is 57.4 Å². The molecule has 1 aromatic heterocycles. The quantitative estimate of drug-likeness (QED) is 0.141. The fourth-order valence-corrected chi connectivity index (χ4v) is 2.48. The summed E-state index contributed by atoms with van der Waals surface area (Å²) in [5.74, 6) is -68.6. The first-order valence-corrected chi connectivity index (χ1v) is 8.89. The normalized spacial score (nSPS) is 16.5. The molecule has 0 aromatic carbocycles. The molecule has 0 N–H and O–H groups in total. The van der Waals surface area contributed by atoms with Crippen LogP contribution in [-0.4, -0.2) is 60.9 Å². The lowest BCUT2D eigenvalue weighted by Gasteiger charge is -2.44. The first-order chi connectivity index (χ1) is 15.4. The summed E-state index contributed by atoms with van der Waals surface area (Å²) < 4.78 is 260. The number of aromatic nitrogens is 2. The van der Waals surface area contributed by atoms with E-state index in [0.29, 0.717) is 0 Å². The van der Waals surface area contributed by atoms with Crippen LogP contribution >= 0.6 is 22.6 Å². The molecule has 1 heterocycles. The lowest BCUT2D eigenvalue weighted by Crippen LogP contribution is -2.76. The number of hydrogen-bond donors (Lipinski definition) is 0. The van der Waals surface area contributed by atoms with Crippen LogP contribution in [0.4, 0.5) is 87.8 Å². The van der Waals surface area contributed by atoms with E-state index in [0.717, 1.165) is 0 Å². The molecule has 212 valence electrons. The Bertz CT molecular complexity index is 930. The molecule has 0 aliphatic carbocycles. The zero-order valence-corrected chi connectivity index (χ0v) is 17.7. The van der Waals surface area contributed by atoms with Gasteiger partial charge in [0, 0.05) is 35.0 Å². The summed E-state index contributed by atoms with van der Waals surface area (Å²) in [4.78, 5) is 2.57. The molecule has 23 heteroatoms. The highest BCUT2D eigenvalue weighted by atomic mass is 127. The molecule has 1 rings (SSSR count). The minimum absolute atomic E-state index is 0.0781. The number of nitrogens with zero attached hydrogens (tertiary/aromatic N) is 2. The van der Waals surface area contributed by atoms with Crippen LogP contribution in [-0.2, 0) is 6.05 Å². The fourth-order valence-electron chi connectivity index (χ4n) is 2.14. The second-order valence-electron chi connectivity index (χ2n) is 6.60. The van der Waals surface area contributed by atoms with Crippen LogP contribution < -0.4 is 0 Å². The third-order valence-electron chi connectivity index (χ3n) is 4.32. The largest absolute Gasteiger partial charge is 0.399 e. The molecular formula is C13H3F20IN2. The standard InChI is InChI=1S/C13H3F20IN2/c14-4(15,6(18,19)8(22,23)10(26,27)12(30,31)34)5(16,17)7(20,21)9(24,25)11(28,29)13(32,33)36-2-1-35-3-36/h1-3H. The van der Waals surface area contributed by atoms with E-state index in [-0.39, 0.29) is 6.20 Å². The van der Waals surface area contributed by atoms with Gasteiger partial charge in [-0.25, -0.2) is 4.98 Å². The molecule has 2 nitrogen and oxygen atoms in total. The molecule has 0 unspecified atom stereocenters. The average Bonchev–Trinajstić information content (AvgIpc) is 3.21. The van der Waals surface area contributed by atoms with Crippen molar-refractivity contribution >= 4 is 22.6 Å². The number of imidazole rings is 1. The second-order valence-corrected chi connectivity index (χ2v) is 7.96. The van der Waals surface area contributed by atoms with Gasteiger partial charge in [0.05, 0.1) is 6.33 Å². The Morgan fingerprint density at radius 2 is 0.722 bits per heavy atom. The van der Waals surface area contributed by atoms with Gasteiger partial charge in [0.15, 0.2) is 0 Å². The zero-order chi connectivity index (χ0) is 29.4. The maximum atomic E-state index is 13.7. The third kappa shape index (κ3) is 3.78. The molecule has 0 saturated carbocycles. The summed E-state index contributed by atoms with van der Waals surface area (Å²) in [6, 6.07) is -6.80. The van der Waals surface area contributed by atoms with E-state index in [9.17, 15) is 87.8 Å². The molecule has 0 atom stereocenters. The Morgan fingerprint density at radius 3 is 0.972 bits per heavy atom. The van der Waals surface area contributed by atoms with Crippen LogP contribution in [0.5, 0.6) is 0 Å². The summed E-state index contributed by atoms with van der Waals surface area (Å²) in [7, 11) is 0. The number of hydrogen-bond acceptors (Lipinski definition) is 1. The predicted molar refractivity (Wildman–Crippen MR) is 81.0 cm³/mol. The number of rotatable bonds is 10. The van der Waals surface area contributed by atoms with E-state index in [2.05, 4.69) is 4.98 Å². The SMILES string of the molecule is FC(F)(I)C(F)(F)C(F)(F)C(F)(F)C(F)(F)C(F)(F)C(F)(F)C(F)(F)C(F)(F)C(F)(F)n1ccnc1. The van der Waals surface area contributed by atoms with Crippen LogP contribution in [0.2, 0.25) is 0 Å². The Hall–Kier alpha value is -1.46. The monoisotopic (exact) mass is 694 g/mol. The fraction of sp³-hybridized carbons (Fsp3) is 0.769. The lowest BCUT2D eigenvalue weighted by molar-refractivity contribution is -0.470. The van der Waals surface area contributed by atoms with Crippen LogP contribution in [0.15, 0.2) is 18.7 Å². The lowest BCUT2D eigenvalue weighted by atomic mass is 9.87. The van der Waals surface area contributed by atoms with Crippen molar-refractivity contribution < 1.29 is 87.8 Å². The van der Waals surface area contributed by atoms with Crippen molar-refractivity contribution in [3.63, 3.8) is 0 Å². The average molecular weight is 694 g/mol. The summed E-state index contributed by atoms with van der Waals surface area (Å²) in [5, 5.41) is 0. The summed E-state index contributed by atoms with van der Waals surface area (Å²) >= 11 is -1.10. The molecule has 0 aliphatic rings. The van der Waals surface area contributed by atoms with Crippen molar-refractivity contribution in [2.45, 2.75) is 57.4 Å². The van der Waals surface area contributed by atoms with Crippen molar-refractivity contribution in [3.05, 3.63) is 18.7 Å². The van der Waals surface area contributed by atoms with Gasteiger partial charge in [-0.1, -0.05) is 0 Å². The van der Waals surface area contributed by atoms with E-state index < -0.39 is 97.0 Å². The highest BCUT2D eigenvalue weighted by Gasteiger charge is 2.97. The van der Waals surface area contributed by atoms with Gasteiger partial charge in [-0.2, -0.15) is 87.8 Å². The highest BCUT2D eigenvalue weighted by Crippen LogP contribution is 2.66. The molecule has 1 aromatic rings. The van der Waals surface area contributed by atoms with Gasteiger partial charge < -0.3 is 0 Å². The van der Waals surface area contributed by atoms with Crippen molar-refractivity contribution in [1.82, 2.24) is 9.55 Å². The molecule has 0 spiro atoms. The second kappa shape index (κ2) is 8.27. The van der Waals surface area contributed by atoms with Gasteiger partial charge in [0.25, 0.3) is 0 Å². The molecule has 0 amide bonds. The summed E-state index contributed by atoms with van der Waals surface area (Å²) in [5.41, 5.74) is 0. The molecule has 0 saturated heterocycles. The summed E-state index contributed by atoms with van der Waals surface area (Å²) in [6.07, 6.45) is -0.847. The van der Waals surface area contributed by atoms with Gasteiger partial charge in [-0.15, -0.1) is 0 Å². The molecule has 0 aliphatic heterocycles. The first-order valence-electron chi connectivity index (χ1n) is 7.81. The Balaban J connectivity index is 3.79. The van der Waals surface area contributed by atoms with E-state index in [1.165, 1.54) is 0 Å². The van der Waals surface area contributed by atoms with E-state index >= 15 is 0 Å². The molecule has 0 bridgehead atoms. The van der Waals surface area contributed by atoms with Crippen LogP contribution in [0.3, 0.4) is 0 Å². The Kier molecular flexibility index (Phi) is 7.48. The molecule has 0 fully saturated rings. The molecule has 36 heavy (non-hydrogen) atoms. The van der Waals surface area contributed by atoms with Crippen molar-refractivity contribution in [2.24, 2.45) is 0 Å². The minimum Gasteiger partial charge on any atom is -0.272 e. The first kappa shape index (κ1) is 32.6. The third-order valence-corrected chi connectivity index (χ3v) is 5.00. The topological polar surface area (TPSA) is 17.8 Å². The Morgan fingerprint density at radius 1 is 0.444 bits per heavy atom. The van der Waals surface area contributed by atoms with Crippen LogP contribution in [0, 0.1) is 0 Å². The van der Waals surface area contributed by atoms with E-state index in [1.54, 1.807) is 0 Å². The van der Waals surface area contributed by atoms with Gasteiger partial charge in [-0.3, -0.25) is 4.57 Å². The number of halogens is 21. The number of alkyl halides is 21. The smallest absolute Gasteiger partial charge is 0.272 e.